The Morgan fingerprint density at radius 3 is 2.90 bits per heavy atom. The second-order valence-corrected chi connectivity index (χ2v) is 5.25. The molecule has 0 aliphatic carbocycles. The van der Waals surface area contributed by atoms with Gasteiger partial charge in [0.25, 0.3) is 5.91 Å². The van der Waals surface area contributed by atoms with Gasteiger partial charge in [-0.05, 0) is 61.2 Å². The van der Waals surface area contributed by atoms with Gasteiger partial charge >= 0.3 is 0 Å². The molecular formula is C17H18N2O. The maximum absolute atomic E-state index is 12.4. The van der Waals surface area contributed by atoms with Gasteiger partial charge in [-0.1, -0.05) is 12.1 Å². The monoisotopic (exact) mass is 266 g/mol. The van der Waals surface area contributed by atoms with Crippen molar-refractivity contribution in [3.63, 3.8) is 0 Å². The summed E-state index contributed by atoms with van der Waals surface area (Å²) in [5, 5.41) is 6.31. The highest BCUT2D eigenvalue weighted by atomic mass is 16.1. The van der Waals surface area contributed by atoms with Gasteiger partial charge in [0, 0.05) is 23.5 Å². The van der Waals surface area contributed by atoms with Crippen LogP contribution >= 0.6 is 0 Å². The number of hydrogen-bond donors (Lipinski definition) is 2. The molecule has 3 nitrogen and oxygen atoms in total. The molecule has 2 aromatic carbocycles. The highest BCUT2D eigenvalue weighted by Gasteiger charge is 2.13. The SMILES string of the molecule is Cc1cccc(C(=O)Nc2ccc3c(c2)CCN3)c1C. The first-order valence-electron chi connectivity index (χ1n) is 6.89. The first kappa shape index (κ1) is 12.7. The van der Waals surface area contributed by atoms with Crippen molar-refractivity contribution in [1.82, 2.24) is 0 Å². The Kier molecular flexibility index (Phi) is 3.18. The fourth-order valence-corrected chi connectivity index (χ4v) is 2.58. The van der Waals surface area contributed by atoms with Crippen LogP contribution in [-0.4, -0.2) is 12.5 Å². The lowest BCUT2D eigenvalue weighted by molar-refractivity contribution is 0.102. The van der Waals surface area contributed by atoms with E-state index in [0.717, 1.165) is 35.3 Å². The Morgan fingerprint density at radius 2 is 2.05 bits per heavy atom. The maximum Gasteiger partial charge on any atom is 0.255 e. The smallest absolute Gasteiger partial charge is 0.255 e. The molecule has 0 saturated carbocycles. The van der Waals surface area contributed by atoms with E-state index in [9.17, 15) is 4.79 Å². The number of aryl methyl sites for hydroxylation is 1. The third-order valence-corrected chi connectivity index (χ3v) is 3.92. The third kappa shape index (κ3) is 2.27. The molecule has 1 aliphatic rings. The Hall–Kier alpha value is -2.29. The molecule has 1 amide bonds. The minimum absolute atomic E-state index is 0.0443. The summed E-state index contributed by atoms with van der Waals surface area (Å²) in [7, 11) is 0. The summed E-state index contributed by atoms with van der Waals surface area (Å²) in [5.41, 5.74) is 6.21. The Bertz CT molecular complexity index is 677. The van der Waals surface area contributed by atoms with Crippen LogP contribution in [0.2, 0.25) is 0 Å². The predicted octanol–water partition coefficient (Wildman–Crippen LogP) is 3.52. The van der Waals surface area contributed by atoms with Gasteiger partial charge in [-0.2, -0.15) is 0 Å². The van der Waals surface area contributed by atoms with Crippen LogP contribution < -0.4 is 10.6 Å². The molecule has 2 aromatic rings. The standard InChI is InChI=1S/C17H18N2O/c1-11-4-3-5-15(12(11)2)17(20)19-14-6-7-16-13(10-14)8-9-18-16/h3-7,10,18H,8-9H2,1-2H3,(H,19,20). The fraction of sp³-hybridized carbons (Fsp3) is 0.235. The van der Waals surface area contributed by atoms with Gasteiger partial charge in [0.15, 0.2) is 0 Å². The van der Waals surface area contributed by atoms with E-state index in [4.69, 9.17) is 0 Å². The molecule has 0 fully saturated rings. The highest BCUT2D eigenvalue weighted by molar-refractivity contribution is 6.05. The zero-order chi connectivity index (χ0) is 14.1. The van der Waals surface area contributed by atoms with Crippen molar-refractivity contribution in [2.75, 3.05) is 17.2 Å². The van der Waals surface area contributed by atoms with Crippen molar-refractivity contribution in [1.29, 1.82) is 0 Å². The molecule has 20 heavy (non-hydrogen) atoms. The number of nitrogens with one attached hydrogen (secondary N) is 2. The molecule has 0 saturated heterocycles. The molecular weight excluding hydrogens is 248 g/mol. The molecule has 0 spiro atoms. The van der Waals surface area contributed by atoms with E-state index in [2.05, 4.69) is 16.7 Å². The molecule has 3 heteroatoms. The van der Waals surface area contributed by atoms with E-state index in [1.807, 2.05) is 44.2 Å². The number of anilines is 2. The van der Waals surface area contributed by atoms with Gasteiger partial charge in [0.1, 0.15) is 0 Å². The lowest BCUT2D eigenvalue weighted by Gasteiger charge is -2.10. The lowest BCUT2D eigenvalue weighted by atomic mass is 10.0. The van der Waals surface area contributed by atoms with Gasteiger partial charge in [-0.15, -0.1) is 0 Å². The van der Waals surface area contributed by atoms with E-state index >= 15 is 0 Å². The normalized spacial score (nSPS) is 12.7. The number of fused-ring (bicyclic) bond motifs is 1. The number of carbonyl (C=O) groups excluding carboxylic acids is 1. The molecule has 3 rings (SSSR count). The van der Waals surface area contributed by atoms with Crippen LogP contribution in [0.3, 0.4) is 0 Å². The number of carbonyl (C=O) groups is 1. The molecule has 102 valence electrons. The van der Waals surface area contributed by atoms with Crippen molar-refractivity contribution in [2.24, 2.45) is 0 Å². The van der Waals surface area contributed by atoms with E-state index in [1.165, 1.54) is 11.3 Å². The topological polar surface area (TPSA) is 41.1 Å². The van der Waals surface area contributed by atoms with E-state index in [1.54, 1.807) is 0 Å². The van der Waals surface area contributed by atoms with Crippen LogP contribution in [0, 0.1) is 13.8 Å². The number of hydrogen-bond acceptors (Lipinski definition) is 2. The van der Waals surface area contributed by atoms with Crippen molar-refractivity contribution < 1.29 is 4.79 Å². The van der Waals surface area contributed by atoms with Crippen LogP contribution in [-0.2, 0) is 6.42 Å². The van der Waals surface area contributed by atoms with Crippen LogP contribution in [0.5, 0.6) is 0 Å². The number of amides is 1. The molecule has 1 heterocycles. The van der Waals surface area contributed by atoms with Crippen molar-refractivity contribution in [3.8, 4) is 0 Å². The first-order valence-corrected chi connectivity index (χ1v) is 6.89. The summed E-state index contributed by atoms with van der Waals surface area (Å²) in [6.07, 6.45) is 1.02. The van der Waals surface area contributed by atoms with E-state index < -0.39 is 0 Å². The quantitative estimate of drug-likeness (QED) is 0.873. The molecule has 0 unspecified atom stereocenters. The average Bonchev–Trinajstić information content (AvgIpc) is 2.89. The summed E-state index contributed by atoms with van der Waals surface area (Å²) in [5.74, 6) is -0.0443. The Morgan fingerprint density at radius 1 is 1.20 bits per heavy atom. The summed E-state index contributed by atoms with van der Waals surface area (Å²) in [4.78, 5) is 12.4. The van der Waals surface area contributed by atoms with Crippen LogP contribution in [0.15, 0.2) is 36.4 Å². The second kappa shape index (κ2) is 5.00. The summed E-state index contributed by atoms with van der Waals surface area (Å²) in [6.45, 7) is 4.98. The average molecular weight is 266 g/mol. The van der Waals surface area contributed by atoms with Crippen LogP contribution in [0.4, 0.5) is 11.4 Å². The van der Waals surface area contributed by atoms with Crippen molar-refractivity contribution in [3.05, 3.63) is 58.7 Å². The first-order chi connectivity index (χ1) is 9.65. The zero-order valence-corrected chi connectivity index (χ0v) is 11.8. The van der Waals surface area contributed by atoms with Crippen LogP contribution in [0.1, 0.15) is 27.0 Å². The van der Waals surface area contributed by atoms with Gasteiger partial charge in [-0.3, -0.25) is 4.79 Å². The van der Waals surface area contributed by atoms with Gasteiger partial charge in [0.2, 0.25) is 0 Å². The molecule has 0 aromatic heterocycles. The van der Waals surface area contributed by atoms with Gasteiger partial charge < -0.3 is 10.6 Å². The zero-order valence-electron chi connectivity index (χ0n) is 11.8. The second-order valence-electron chi connectivity index (χ2n) is 5.25. The molecule has 0 radical (unpaired) electrons. The van der Waals surface area contributed by atoms with Crippen LogP contribution in [0.25, 0.3) is 0 Å². The summed E-state index contributed by atoms with van der Waals surface area (Å²) < 4.78 is 0. The Balaban J connectivity index is 1.84. The summed E-state index contributed by atoms with van der Waals surface area (Å²) in [6, 6.07) is 11.8. The molecule has 2 N–H and O–H groups in total. The summed E-state index contributed by atoms with van der Waals surface area (Å²) >= 11 is 0. The van der Waals surface area contributed by atoms with Gasteiger partial charge in [-0.25, -0.2) is 0 Å². The predicted molar refractivity (Wildman–Crippen MR) is 82.5 cm³/mol. The highest BCUT2D eigenvalue weighted by Crippen LogP contribution is 2.25. The Labute approximate surface area is 119 Å². The fourth-order valence-electron chi connectivity index (χ4n) is 2.58. The van der Waals surface area contributed by atoms with Crippen molar-refractivity contribution in [2.45, 2.75) is 20.3 Å². The van der Waals surface area contributed by atoms with E-state index in [0.29, 0.717) is 0 Å². The molecule has 0 atom stereocenters. The molecule has 0 bridgehead atoms. The van der Waals surface area contributed by atoms with E-state index in [-0.39, 0.29) is 5.91 Å². The number of benzene rings is 2. The van der Waals surface area contributed by atoms with Crippen molar-refractivity contribution >= 4 is 17.3 Å². The largest absolute Gasteiger partial charge is 0.384 e. The lowest BCUT2D eigenvalue weighted by Crippen LogP contribution is -2.13. The molecule has 1 aliphatic heterocycles. The maximum atomic E-state index is 12.4. The minimum Gasteiger partial charge on any atom is -0.384 e. The van der Waals surface area contributed by atoms with Gasteiger partial charge in [0.05, 0.1) is 0 Å². The minimum atomic E-state index is -0.0443. The number of rotatable bonds is 2. The third-order valence-electron chi connectivity index (χ3n) is 3.92.